The Morgan fingerprint density at radius 2 is 1.96 bits per heavy atom. The summed E-state index contributed by atoms with van der Waals surface area (Å²) in [5.41, 5.74) is 2.48. The second kappa shape index (κ2) is 9.27. The van der Waals surface area contributed by atoms with E-state index in [2.05, 4.69) is 18.3 Å². The Hall–Kier alpha value is -3.00. The lowest BCUT2D eigenvalue weighted by Gasteiger charge is -2.32. The van der Waals surface area contributed by atoms with Gasteiger partial charge in [-0.25, -0.2) is 0 Å². The first-order chi connectivity index (χ1) is 13.5. The maximum atomic E-state index is 12.6. The Bertz CT molecular complexity index is 834. The summed E-state index contributed by atoms with van der Waals surface area (Å²) in [5.74, 6) is 1.61. The van der Waals surface area contributed by atoms with Crippen molar-refractivity contribution in [2.45, 2.75) is 39.3 Å². The molecule has 0 saturated carbocycles. The molecule has 0 aromatic heterocycles. The molecule has 1 aliphatic heterocycles. The summed E-state index contributed by atoms with van der Waals surface area (Å²) in [6.07, 6.45) is 2.17. The Kier molecular flexibility index (Phi) is 6.54. The van der Waals surface area contributed by atoms with Gasteiger partial charge in [0, 0.05) is 18.8 Å². The molecule has 1 amide bonds. The number of ether oxygens (including phenoxy) is 1. The summed E-state index contributed by atoms with van der Waals surface area (Å²) in [4.78, 5) is 14.6. The highest BCUT2D eigenvalue weighted by atomic mass is 16.5. The van der Waals surface area contributed by atoms with Gasteiger partial charge in [-0.1, -0.05) is 19.1 Å². The Balaban J connectivity index is 1.51. The number of likely N-dealkylation sites (tertiary alicyclic amines) is 1. The summed E-state index contributed by atoms with van der Waals surface area (Å²) in [5, 5.41) is 12.2. The van der Waals surface area contributed by atoms with Crippen molar-refractivity contribution in [3.05, 3.63) is 59.7 Å². The van der Waals surface area contributed by atoms with Gasteiger partial charge < -0.3 is 15.0 Å². The fourth-order valence-corrected chi connectivity index (χ4v) is 3.36. The van der Waals surface area contributed by atoms with E-state index in [4.69, 9.17) is 10.00 Å². The summed E-state index contributed by atoms with van der Waals surface area (Å²) >= 11 is 0. The van der Waals surface area contributed by atoms with Gasteiger partial charge in [-0.2, -0.15) is 5.26 Å². The molecule has 146 valence electrons. The minimum atomic E-state index is -0.256. The average Bonchev–Trinajstić information content (AvgIpc) is 2.73. The van der Waals surface area contributed by atoms with Crippen molar-refractivity contribution in [1.82, 2.24) is 4.90 Å². The first-order valence-electron chi connectivity index (χ1n) is 9.82. The van der Waals surface area contributed by atoms with Crippen LogP contribution >= 0.6 is 0 Å². The lowest BCUT2D eigenvalue weighted by atomic mass is 9.99. The molecule has 1 aliphatic rings. The summed E-state index contributed by atoms with van der Waals surface area (Å²) < 4.78 is 5.79. The number of hydrogen-bond acceptors (Lipinski definition) is 4. The van der Waals surface area contributed by atoms with E-state index in [-0.39, 0.29) is 11.9 Å². The zero-order valence-electron chi connectivity index (χ0n) is 16.5. The largest absolute Gasteiger partial charge is 0.489 e. The fourth-order valence-electron chi connectivity index (χ4n) is 3.36. The standard InChI is InChI=1S/C23H27N3O2/c1-17-10-12-26(13-11-17)23(27)18(2)25-21-6-8-22(9-7-21)28-16-20-5-3-4-19(14-20)15-24/h3-9,14,17-18,25H,10-13,16H2,1-2H3. The monoisotopic (exact) mass is 377 g/mol. The highest BCUT2D eigenvalue weighted by molar-refractivity contribution is 5.84. The number of amides is 1. The average molecular weight is 377 g/mol. The van der Waals surface area contributed by atoms with Crippen LogP contribution < -0.4 is 10.1 Å². The smallest absolute Gasteiger partial charge is 0.244 e. The van der Waals surface area contributed by atoms with E-state index in [0.717, 1.165) is 42.9 Å². The summed E-state index contributed by atoms with van der Waals surface area (Å²) in [7, 11) is 0. The molecule has 2 aromatic carbocycles. The number of anilines is 1. The van der Waals surface area contributed by atoms with Gasteiger partial charge in [0.2, 0.25) is 5.91 Å². The second-order valence-electron chi connectivity index (χ2n) is 7.50. The van der Waals surface area contributed by atoms with Gasteiger partial charge in [-0.05, 0) is 67.6 Å². The van der Waals surface area contributed by atoms with E-state index < -0.39 is 0 Å². The maximum Gasteiger partial charge on any atom is 0.244 e. The third kappa shape index (κ3) is 5.26. The van der Waals surface area contributed by atoms with Crippen molar-refractivity contribution in [2.24, 2.45) is 5.92 Å². The number of benzene rings is 2. The highest BCUT2D eigenvalue weighted by Gasteiger charge is 2.24. The zero-order valence-corrected chi connectivity index (χ0v) is 16.5. The molecule has 1 unspecified atom stereocenters. The van der Waals surface area contributed by atoms with Gasteiger partial charge in [-0.3, -0.25) is 4.79 Å². The van der Waals surface area contributed by atoms with Crippen LogP contribution in [-0.4, -0.2) is 29.9 Å². The van der Waals surface area contributed by atoms with E-state index in [9.17, 15) is 4.79 Å². The molecule has 2 aromatic rings. The number of hydrogen-bond donors (Lipinski definition) is 1. The van der Waals surface area contributed by atoms with Crippen molar-refractivity contribution in [2.75, 3.05) is 18.4 Å². The Labute approximate surface area is 166 Å². The van der Waals surface area contributed by atoms with Crippen molar-refractivity contribution in [1.29, 1.82) is 5.26 Å². The predicted molar refractivity (Wildman–Crippen MR) is 110 cm³/mol. The molecule has 1 heterocycles. The molecular formula is C23H27N3O2. The van der Waals surface area contributed by atoms with Crippen LogP contribution in [-0.2, 0) is 11.4 Å². The number of nitrogens with one attached hydrogen (secondary N) is 1. The second-order valence-corrected chi connectivity index (χ2v) is 7.50. The molecule has 5 heteroatoms. The number of rotatable bonds is 6. The van der Waals surface area contributed by atoms with Crippen LogP contribution in [0.5, 0.6) is 5.75 Å². The van der Waals surface area contributed by atoms with Crippen LogP contribution in [0.3, 0.4) is 0 Å². The lowest BCUT2D eigenvalue weighted by Crippen LogP contribution is -2.45. The van der Waals surface area contributed by atoms with Gasteiger partial charge in [0.05, 0.1) is 11.6 Å². The van der Waals surface area contributed by atoms with E-state index in [1.54, 1.807) is 6.07 Å². The lowest BCUT2D eigenvalue weighted by molar-refractivity contribution is -0.132. The van der Waals surface area contributed by atoms with Gasteiger partial charge in [0.1, 0.15) is 18.4 Å². The number of nitrogens with zero attached hydrogens (tertiary/aromatic N) is 2. The van der Waals surface area contributed by atoms with Gasteiger partial charge >= 0.3 is 0 Å². The van der Waals surface area contributed by atoms with Gasteiger partial charge in [-0.15, -0.1) is 0 Å². The van der Waals surface area contributed by atoms with Gasteiger partial charge in [0.25, 0.3) is 0 Å². The first-order valence-corrected chi connectivity index (χ1v) is 9.82. The van der Waals surface area contributed by atoms with Crippen molar-refractivity contribution >= 4 is 11.6 Å². The first kappa shape index (κ1) is 19.8. The number of piperidine rings is 1. The van der Waals surface area contributed by atoms with Gasteiger partial charge in [0.15, 0.2) is 0 Å². The number of carbonyl (C=O) groups excluding carboxylic acids is 1. The topological polar surface area (TPSA) is 65.4 Å². The van der Waals surface area contributed by atoms with E-state index >= 15 is 0 Å². The zero-order chi connectivity index (χ0) is 19.9. The molecule has 5 nitrogen and oxygen atoms in total. The molecule has 1 atom stereocenters. The number of nitriles is 1. The third-order valence-corrected chi connectivity index (χ3v) is 5.16. The minimum absolute atomic E-state index is 0.157. The molecule has 0 spiro atoms. The highest BCUT2D eigenvalue weighted by Crippen LogP contribution is 2.20. The fraction of sp³-hybridized carbons (Fsp3) is 0.391. The molecule has 0 aliphatic carbocycles. The Morgan fingerprint density at radius 3 is 2.64 bits per heavy atom. The quantitative estimate of drug-likeness (QED) is 0.819. The Morgan fingerprint density at radius 1 is 1.25 bits per heavy atom. The SMILES string of the molecule is CC1CCN(C(=O)C(C)Nc2ccc(OCc3cccc(C#N)c3)cc2)CC1. The van der Waals surface area contributed by atoms with Crippen LogP contribution in [0, 0.1) is 17.2 Å². The molecule has 3 rings (SSSR count). The van der Waals surface area contributed by atoms with Crippen molar-refractivity contribution < 1.29 is 9.53 Å². The molecule has 1 saturated heterocycles. The van der Waals surface area contributed by atoms with Crippen molar-refractivity contribution in [3.63, 3.8) is 0 Å². The van der Waals surface area contributed by atoms with Crippen LogP contribution in [0.25, 0.3) is 0 Å². The minimum Gasteiger partial charge on any atom is -0.489 e. The summed E-state index contributed by atoms with van der Waals surface area (Å²) in [6, 6.07) is 16.9. The van der Waals surface area contributed by atoms with Crippen LogP contribution in [0.1, 0.15) is 37.8 Å². The van der Waals surface area contributed by atoms with E-state index in [1.165, 1.54) is 0 Å². The maximum absolute atomic E-state index is 12.6. The van der Waals surface area contributed by atoms with E-state index in [0.29, 0.717) is 18.1 Å². The number of carbonyl (C=O) groups is 1. The van der Waals surface area contributed by atoms with Crippen LogP contribution in [0.15, 0.2) is 48.5 Å². The predicted octanol–water partition coefficient (Wildman–Crippen LogP) is 4.20. The molecule has 1 N–H and O–H groups in total. The molecule has 28 heavy (non-hydrogen) atoms. The van der Waals surface area contributed by atoms with Crippen molar-refractivity contribution in [3.8, 4) is 11.8 Å². The molecular weight excluding hydrogens is 350 g/mol. The normalized spacial score (nSPS) is 15.5. The third-order valence-electron chi connectivity index (χ3n) is 5.16. The molecule has 1 fully saturated rings. The van der Waals surface area contributed by atoms with E-state index in [1.807, 2.05) is 54.3 Å². The van der Waals surface area contributed by atoms with Crippen LogP contribution in [0.4, 0.5) is 5.69 Å². The van der Waals surface area contributed by atoms with Crippen LogP contribution in [0.2, 0.25) is 0 Å². The summed E-state index contributed by atoms with van der Waals surface area (Å²) in [6.45, 7) is 6.27. The molecule has 0 bridgehead atoms. The molecule has 0 radical (unpaired) electrons.